The fourth-order valence-corrected chi connectivity index (χ4v) is 1.74. The Kier molecular flexibility index (Phi) is 4.25. The Morgan fingerprint density at radius 2 is 2.00 bits per heavy atom. The van der Waals surface area contributed by atoms with Crippen LogP contribution in [0.25, 0.3) is 0 Å². The van der Waals surface area contributed by atoms with Crippen molar-refractivity contribution in [1.82, 2.24) is 4.98 Å². The van der Waals surface area contributed by atoms with Crippen LogP contribution in [0.2, 0.25) is 0 Å². The Labute approximate surface area is 106 Å². The molecule has 4 heteroatoms. The highest BCUT2D eigenvalue weighted by Gasteiger charge is 2.10. The summed E-state index contributed by atoms with van der Waals surface area (Å²) in [5.74, 6) is -0.483. The van der Waals surface area contributed by atoms with Gasteiger partial charge in [-0.3, -0.25) is 0 Å². The molecule has 0 spiro atoms. The lowest BCUT2D eigenvalue weighted by Gasteiger charge is -2.19. The summed E-state index contributed by atoms with van der Waals surface area (Å²) in [7, 11) is 1.65. The molecule has 18 heavy (non-hydrogen) atoms. The molecule has 0 bridgehead atoms. The number of methoxy groups -OCH3 is 1. The Morgan fingerprint density at radius 1 is 1.22 bits per heavy atom. The fraction of sp³-hybridized carbons (Fsp3) is 0.214. The van der Waals surface area contributed by atoms with Crippen molar-refractivity contribution in [2.45, 2.75) is 6.04 Å². The maximum absolute atomic E-state index is 12.7. The third-order valence-electron chi connectivity index (χ3n) is 2.60. The minimum atomic E-state index is -0.483. The molecular weight excluding hydrogens is 231 g/mol. The molecule has 1 atom stereocenters. The number of halogens is 1. The van der Waals surface area contributed by atoms with Crippen LogP contribution in [0.15, 0.2) is 48.7 Å². The molecule has 1 aromatic heterocycles. The molecule has 1 heterocycles. The molecule has 2 aromatic rings. The number of anilines is 1. The molecule has 0 saturated carbocycles. The van der Waals surface area contributed by atoms with Gasteiger partial charge in [0.05, 0.1) is 24.5 Å². The van der Waals surface area contributed by atoms with Gasteiger partial charge in [-0.15, -0.1) is 0 Å². The predicted molar refractivity (Wildman–Crippen MR) is 68.9 cm³/mol. The standard InChI is InChI=1S/C14H15FN2O/c1-18-10-13(11-5-3-2-4-6-11)17-12-7-8-14(15)16-9-12/h2-9,13,17H,10H2,1H3. The molecule has 0 saturated heterocycles. The molecule has 0 aliphatic heterocycles. The van der Waals surface area contributed by atoms with Crippen LogP contribution in [0.4, 0.5) is 10.1 Å². The molecule has 2 rings (SSSR count). The number of benzene rings is 1. The van der Waals surface area contributed by atoms with Gasteiger partial charge in [0.15, 0.2) is 0 Å². The lowest BCUT2D eigenvalue weighted by Crippen LogP contribution is -2.16. The molecule has 0 amide bonds. The Bertz CT molecular complexity index is 473. The van der Waals surface area contributed by atoms with Gasteiger partial charge in [-0.2, -0.15) is 4.39 Å². The molecule has 1 aromatic carbocycles. The van der Waals surface area contributed by atoms with Gasteiger partial charge >= 0.3 is 0 Å². The van der Waals surface area contributed by atoms with Crippen LogP contribution in [0.3, 0.4) is 0 Å². The van der Waals surface area contributed by atoms with Crippen molar-refractivity contribution < 1.29 is 9.13 Å². The monoisotopic (exact) mass is 246 g/mol. The van der Waals surface area contributed by atoms with Crippen molar-refractivity contribution in [2.24, 2.45) is 0 Å². The van der Waals surface area contributed by atoms with Crippen LogP contribution in [-0.2, 0) is 4.74 Å². The van der Waals surface area contributed by atoms with E-state index >= 15 is 0 Å². The van der Waals surface area contributed by atoms with Gasteiger partial charge in [-0.25, -0.2) is 4.98 Å². The summed E-state index contributed by atoms with van der Waals surface area (Å²) in [6, 6.07) is 13.0. The Balaban J connectivity index is 2.14. The van der Waals surface area contributed by atoms with Gasteiger partial charge in [0, 0.05) is 7.11 Å². The number of rotatable bonds is 5. The van der Waals surface area contributed by atoms with E-state index in [1.165, 1.54) is 12.3 Å². The smallest absolute Gasteiger partial charge is 0.212 e. The average Bonchev–Trinajstić information content (AvgIpc) is 2.42. The first-order valence-corrected chi connectivity index (χ1v) is 5.71. The van der Waals surface area contributed by atoms with Crippen molar-refractivity contribution in [3.8, 4) is 0 Å². The lowest BCUT2D eigenvalue weighted by atomic mass is 10.1. The summed E-state index contributed by atoms with van der Waals surface area (Å²) >= 11 is 0. The molecular formula is C14H15FN2O. The molecule has 3 nitrogen and oxygen atoms in total. The predicted octanol–water partition coefficient (Wildman–Crippen LogP) is 3.02. The summed E-state index contributed by atoms with van der Waals surface area (Å²) in [5.41, 5.74) is 1.88. The third-order valence-corrected chi connectivity index (χ3v) is 2.60. The first-order valence-electron chi connectivity index (χ1n) is 5.71. The van der Waals surface area contributed by atoms with Crippen molar-refractivity contribution in [3.05, 3.63) is 60.2 Å². The van der Waals surface area contributed by atoms with Crippen molar-refractivity contribution in [2.75, 3.05) is 19.0 Å². The third kappa shape index (κ3) is 3.28. The van der Waals surface area contributed by atoms with Gasteiger partial charge in [0.1, 0.15) is 0 Å². The largest absolute Gasteiger partial charge is 0.382 e. The zero-order valence-electron chi connectivity index (χ0n) is 10.1. The molecule has 0 radical (unpaired) electrons. The summed E-state index contributed by atoms with van der Waals surface area (Å²) in [6.45, 7) is 0.529. The number of nitrogens with zero attached hydrogens (tertiary/aromatic N) is 1. The molecule has 1 N–H and O–H groups in total. The molecule has 0 aliphatic carbocycles. The van der Waals surface area contributed by atoms with E-state index in [0.29, 0.717) is 6.61 Å². The minimum Gasteiger partial charge on any atom is -0.382 e. The van der Waals surface area contributed by atoms with Crippen LogP contribution in [0, 0.1) is 5.95 Å². The van der Waals surface area contributed by atoms with Gasteiger partial charge < -0.3 is 10.1 Å². The van der Waals surface area contributed by atoms with E-state index in [9.17, 15) is 4.39 Å². The average molecular weight is 246 g/mol. The van der Waals surface area contributed by atoms with Crippen molar-refractivity contribution in [1.29, 1.82) is 0 Å². The first kappa shape index (κ1) is 12.5. The number of hydrogen-bond acceptors (Lipinski definition) is 3. The Morgan fingerprint density at radius 3 is 2.61 bits per heavy atom. The highest BCUT2D eigenvalue weighted by atomic mass is 19.1. The fourth-order valence-electron chi connectivity index (χ4n) is 1.74. The van der Waals surface area contributed by atoms with E-state index in [1.807, 2.05) is 30.3 Å². The van der Waals surface area contributed by atoms with E-state index in [4.69, 9.17) is 4.74 Å². The number of hydrogen-bond donors (Lipinski definition) is 1. The molecule has 0 fully saturated rings. The quantitative estimate of drug-likeness (QED) is 0.823. The van der Waals surface area contributed by atoms with Gasteiger partial charge in [0.2, 0.25) is 5.95 Å². The lowest BCUT2D eigenvalue weighted by molar-refractivity contribution is 0.186. The van der Waals surface area contributed by atoms with E-state index < -0.39 is 5.95 Å². The molecule has 1 unspecified atom stereocenters. The van der Waals surface area contributed by atoms with Crippen molar-refractivity contribution in [3.63, 3.8) is 0 Å². The summed E-state index contributed by atoms with van der Waals surface area (Å²) < 4.78 is 17.9. The zero-order valence-corrected chi connectivity index (χ0v) is 10.1. The Hall–Kier alpha value is -1.94. The van der Waals surface area contributed by atoms with E-state index in [-0.39, 0.29) is 6.04 Å². The second-order valence-electron chi connectivity index (χ2n) is 3.93. The topological polar surface area (TPSA) is 34.1 Å². The highest BCUT2D eigenvalue weighted by Crippen LogP contribution is 2.19. The van der Waals surface area contributed by atoms with Gasteiger partial charge in [0.25, 0.3) is 0 Å². The number of nitrogens with one attached hydrogen (secondary N) is 1. The van der Waals surface area contributed by atoms with E-state index in [2.05, 4.69) is 10.3 Å². The summed E-state index contributed by atoms with van der Waals surface area (Å²) in [4.78, 5) is 3.62. The van der Waals surface area contributed by atoms with E-state index in [0.717, 1.165) is 11.3 Å². The second kappa shape index (κ2) is 6.12. The molecule has 0 aliphatic rings. The van der Waals surface area contributed by atoms with Crippen LogP contribution >= 0.6 is 0 Å². The minimum absolute atomic E-state index is 0.0171. The maximum atomic E-state index is 12.7. The van der Waals surface area contributed by atoms with Gasteiger partial charge in [-0.1, -0.05) is 30.3 Å². The van der Waals surface area contributed by atoms with Crippen LogP contribution < -0.4 is 5.32 Å². The number of ether oxygens (including phenoxy) is 1. The summed E-state index contributed by atoms with van der Waals surface area (Å²) in [5, 5.41) is 3.27. The van der Waals surface area contributed by atoms with Crippen LogP contribution in [-0.4, -0.2) is 18.7 Å². The zero-order chi connectivity index (χ0) is 12.8. The molecule has 94 valence electrons. The highest BCUT2D eigenvalue weighted by molar-refractivity contribution is 5.43. The summed E-state index contributed by atoms with van der Waals surface area (Å²) in [6.07, 6.45) is 1.47. The maximum Gasteiger partial charge on any atom is 0.212 e. The first-order chi connectivity index (χ1) is 8.79. The number of aromatic nitrogens is 1. The number of pyridine rings is 1. The second-order valence-corrected chi connectivity index (χ2v) is 3.93. The SMILES string of the molecule is COCC(Nc1ccc(F)nc1)c1ccccc1. The van der Waals surface area contributed by atoms with Crippen LogP contribution in [0.1, 0.15) is 11.6 Å². The normalized spacial score (nSPS) is 12.1. The van der Waals surface area contributed by atoms with Crippen molar-refractivity contribution >= 4 is 5.69 Å². The van der Waals surface area contributed by atoms with Gasteiger partial charge in [-0.05, 0) is 17.7 Å². The van der Waals surface area contributed by atoms with Crippen LogP contribution in [0.5, 0.6) is 0 Å². The van der Waals surface area contributed by atoms with E-state index in [1.54, 1.807) is 13.2 Å².